The Morgan fingerprint density at radius 1 is 0.269 bits per heavy atom. The Labute approximate surface area is 739 Å². The molecule has 0 aromatic carbocycles. The lowest BCUT2D eigenvalue weighted by Crippen LogP contribution is -2.31. The molecule has 0 aromatic rings. The molecule has 119 heavy (non-hydrogen) atoms. The number of hydrogen-bond donors (Lipinski definition) is 0. The summed E-state index contributed by atoms with van der Waals surface area (Å²) >= 11 is 0. The van der Waals surface area contributed by atoms with E-state index in [0.717, 1.165) is 187 Å². The number of ether oxygens (including phenoxy) is 6. The number of carbonyl (C=O) groups excluding carboxylic acids is 5. The zero-order valence-electron chi connectivity index (χ0n) is 81.0. The zero-order chi connectivity index (χ0) is 86.4. The van der Waals surface area contributed by atoms with Crippen LogP contribution in [0.3, 0.4) is 0 Å². The van der Waals surface area contributed by atoms with E-state index in [-0.39, 0.29) is 36.0 Å². The van der Waals surface area contributed by atoms with Gasteiger partial charge in [-0.05, 0) is 184 Å². The van der Waals surface area contributed by atoms with Crippen molar-refractivity contribution in [3.8, 4) is 0 Å². The summed E-state index contributed by atoms with van der Waals surface area (Å²) in [6.07, 6.45) is 84.4. The first-order valence-corrected chi connectivity index (χ1v) is 53.1. The molecular formula is C106H204N2O11. The number of rotatable bonds is 94. The fourth-order valence-electron chi connectivity index (χ4n) is 18.5. The van der Waals surface area contributed by atoms with E-state index in [1.165, 1.54) is 302 Å². The fourth-order valence-corrected chi connectivity index (χ4v) is 18.5. The fraction of sp³-hybridized carbons (Fsp3) is 0.953. The number of esters is 5. The van der Waals surface area contributed by atoms with E-state index >= 15 is 0 Å². The van der Waals surface area contributed by atoms with Gasteiger partial charge in [0, 0.05) is 51.9 Å². The Morgan fingerprint density at radius 2 is 0.555 bits per heavy atom. The molecule has 704 valence electrons. The van der Waals surface area contributed by atoms with Crippen LogP contribution in [-0.2, 0) is 52.4 Å². The molecule has 5 unspecified atom stereocenters. The van der Waals surface area contributed by atoms with Crippen molar-refractivity contribution in [1.29, 1.82) is 0 Å². The third-order valence-corrected chi connectivity index (χ3v) is 26.8. The molecule has 0 amide bonds. The highest BCUT2D eigenvalue weighted by molar-refractivity contribution is 5.70. The molecule has 0 saturated carbocycles. The summed E-state index contributed by atoms with van der Waals surface area (Å²) in [5.74, 6) is 3.87. The van der Waals surface area contributed by atoms with Gasteiger partial charge in [0.15, 0.2) is 0 Å². The van der Waals surface area contributed by atoms with Gasteiger partial charge in [-0.1, -0.05) is 383 Å². The molecule has 13 heteroatoms. The molecular weight excluding hydrogens is 1480 g/mol. The van der Waals surface area contributed by atoms with Gasteiger partial charge < -0.3 is 38.2 Å². The van der Waals surface area contributed by atoms with Crippen LogP contribution in [0.1, 0.15) is 531 Å². The Balaban J connectivity index is 2.45. The second-order valence-electron chi connectivity index (χ2n) is 37.9. The van der Waals surface area contributed by atoms with Crippen LogP contribution in [0.5, 0.6) is 0 Å². The minimum absolute atomic E-state index is 0.00140. The lowest BCUT2D eigenvalue weighted by Gasteiger charge is -2.28. The Kier molecular flexibility index (Phi) is 85.1. The molecule has 0 aliphatic carbocycles. The van der Waals surface area contributed by atoms with E-state index in [9.17, 15) is 24.0 Å². The van der Waals surface area contributed by atoms with Gasteiger partial charge in [0.05, 0.1) is 26.4 Å². The molecule has 1 fully saturated rings. The van der Waals surface area contributed by atoms with Crippen molar-refractivity contribution in [2.45, 2.75) is 537 Å². The number of nitrogens with zero attached hydrogens (tertiary/aromatic N) is 2. The Hall–Kier alpha value is -2.77. The largest absolute Gasteiger partial charge is 0.466 e. The molecule has 0 N–H and O–H groups in total. The van der Waals surface area contributed by atoms with E-state index < -0.39 is 0 Å². The first-order chi connectivity index (χ1) is 58.3. The predicted octanol–water partition coefficient (Wildman–Crippen LogP) is 31.1. The smallest absolute Gasteiger partial charge is 0.306 e. The first-order valence-electron chi connectivity index (χ1n) is 53.1. The number of unbranched alkanes of at least 4 members (excludes halogenated alkanes) is 35. The molecule has 0 radical (unpaired) electrons. The summed E-state index contributed by atoms with van der Waals surface area (Å²) < 4.78 is 35.8. The number of hydrogen-bond acceptors (Lipinski definition) is 13. The lowest BCUT2D eigenvalue weighted by molar-refractivity contribution is -0.150. The quantitative estimate of drug-likeness (QED) is 0.0324. The Morgan fingerprint density at radius 3 is 0.941 bits per heavy atom. The van der Waals surface area contributed by atoms with Crippen LogP contribution >= 0.6 is 0 Å². The summed E-state index contributed by atoms with van der Waals surface area (Å²) in [4.78, 5) is 69.2. The highest BCUT2D eigenvalue weighted by Gasteiger charge is 2.24. The van der Waals surface area contributed by atoms with E-state index in [0.29, 0.717) is 94.0 Å². The third kappa shape index (κ3) is 76.2. The molecule has 0 aromatic heterocycles. The van der Waals surface area contributed by atoms with E-state index in [1.807, 2.05) is 0 Å². The van der Waals surface area contributed by atoms with Crippen LogP contribution in [-0.4, -0.2) is 125 Å². The Bertz CT molecular complexity index is 2160. The number of piperidine rings is 1. The van der Waals surface area contributed by atoms with Gasteiger partial charge in [0.25, 0.3) is 0 Å². The van der Waals surface area contributed by atoms with E-state index in [1.54, 1.807) is 0 Å². The first kappa shape index (κ1) is 114. The van der Waals surface area contributed by atoms with Crippen molar-refractivity contribution in [3.63, 3.8) is 0 Å². The lowest BCUT2D eigenvalue weighted by atomic mass is 9.79. The van der Waals surface area contributed by atoms with Gasteiger partial charge >= 0.3 is 29.8 Å². The van der Waals surface area contributed by atoms with Crippen LogP contribution in [0.4, 0.5) is 0 Å². The summed E-state index contributed by atoms with van der Waals surface area (Å²) in [6, 6.07) is 0. The van der Waals surface area contributed by atoms with Gasteiger partial charge in [-0.25, -0.2) is 0 Å². The molecule has 1 saturated heterocycles. The molecule has 0 bridgehead atoms. The van der Waals surface area contributed by atoms with Gasteiger partial charge in [-0.2, -0.15) is 0 Å². The maximum absolute atomic E-state index is 13.2. The summed E-state index contributed by atoms with van der Waals surface area (Å²) in [6.45, 7) is 27.7. The maximum atomic E-state index is 13.2. The third-order valence-electron chi connectivity index (χ3n) is 26.8. The van der Waals surface area contributed by atoms with Crippen molar-refractivity contribution in [2.24, 2.45) is 35.5 Å². The van der Waals surface area contributed by atoms with Crippen molar-refractivity contribution >= 4 is 29.8 Å². The van der Waals surface area contributed by atoms with Gasteiger partial charge in [0.2, 0.25) is 0 Å². The van der Waals surface area contributed by atoms with Crippen molar-refractivity contribution in [2.75, 3.05) is 79.4 Å². The molecule has 13 nitrogen and oxygen atoms in total. The molecule has 1 aliphatic rings. The maximum Gasteiger partial charge on any atom is 0.306 e. The average molecular weight is 1680 g/mol. The summed E-state index contributed by atoms with van der Waals surface area (Å²) in [5.41, 5.74) is 0. The SMILES string of the molecule is CCCCCC(CCCCC)CCOC(=O)CCCCCCCCCC(CCCCCCCCCC(=O)OCCC(CCCCC)C(CCCC)CCCCC(CCCC)CCOC(=O)CCCCCCCCCC(CCCCCCCCCC(=O)OCCC(CCCC)CCCC)COCCCN(C)CC)OC(=O)CCCN1CCCCC1. The van der Waals surface area contributed by atoms with E-state index in [2.05, 4.69) is 72.2 Å². The van der Waals surface area contributed by atoms with Crippen LogP contribution in [0, 0.1) is 35.5 Å². The molecule has 1 aliphatic heterocycles. The van der Waals surface area contributed by atoms with Gasteiger partial charge in [-0.15, -0.1) is 0 Å². The van der Waals surface area contributed by atoms with Crippen LogP contribution in [0.2, 0.25) is 0 Å². The van der Waals surface area contributed by atoms with E-state index in [4.69, 9.17) is 28.4 Å². The normalized spacial score (nSPS) is 14.0. The summed E-state index contributed by atoms with van der Waals surface area (Å²) in [5, 5.41) is 0. The predicted molar refractivity (Wildman–Crippen MR) is 506 cm³/mol. The molecule has 5 atom stereocenters. The molecule has 0 spiro atoms. The van der Waals surface area contributed by atoms with Gasteiger partial charge in [-0.3, -0.25) is 24.0 Å². The zero-order valence-corrected chi connectivity index (χ0v) is 81.0. The summed E-state index contributed by atoms with van der Waals surface area (Å²) in [7, 11) is 2.19. The average Bonchev–Trinajstić information content (AvgIpc) is 0.912. The number of carbonyl (C=O) groups is 5. The van der Waals surface area contributed by atoms with Crippen molar-refractivity contribution < 1.29 is 52.4 Å². The van der Waals surface area contributed by atoms with Crippen LogP contribution in [0.15, 0.2) is 0 Å². The monoisotopic (exact) mass is 1680 g/mol. The molecule has 1 heterocycles. The second kappa shape index (κ2) is 88.7. The van der Waals surface area contributed by atoms with Crippen LogP contribution in [0.25, 0.3) is 0 Å². The topological polar surface area (TPSA) is 147 Å². The molecule has 1 rings (SSSR count). The van der Waals surface area contributed by atoms with Crippen molar-refractivity contribution in [3.05, 3.63) is 0 Å². The van der Waals surface area contributed by atoms with Crippen molar-refractivity contribution in [1.82, 2.24) is 9.80 Å². The standard InChI is InChI=1S/C106H204N2O11/c1-10-18-46-66-97(67-47-19-11-2)83-92-117-104(111)78-55-43-35-27-31-39-51-74-101(119-106(113)80-61-88-108-86-59-45-60-87-108)75-52-40-32-28-36-44-56-79-105(112)118-93-84-100(72-48-20-12-3)99(71-24-16-7)73-58-57-68-96(65-23-15-6)82-91-116-103(110)77-54-42-34-26-30-38-50-70-98(94-114-89-62-85-107(9)17-8)69-49-37-29-25-33-41-53-76-102(109)115-90-81-95(63-21-13-4)64-22-14-5/h95-101H,10-94H2,1-9H3. The minimum atomic E-state index is -0.0230. The minimum Gasteiger partial charge on any atom is -0.466 e. The second-order valence-corrected chi connectivity index (χ2v) is 37.9. The van der Waals surface area contributed by atoms with Crippen LogP contribution < -0.4 is 0 Å². The highest BCUT2D eigenvalue weighted by atomic mass is 16.6. The highest BCUT2D eigenvalue weighted by Crippen LogP contribution is 2.34. The van der Waals surface area contributed by atoms with Gasteiger partial charge in [0.1, 0.15) is 6.10 Å². The number of likely N-dealkylation sites (tertiary alicyclic amines) is 1.